The molecule has 0 saturated carbocycles. The lowest BCUT2D eigenvalue weighted by Gasteiger charge is -2.10. The Bertz CT molecular complexity index is 962. The van der Waals surface area contributed by atoms with Crippen molar-refractivity contribution in [2.75, 3.05) is 0 Å². The van der Waals surface area contributed by atoms with Gasteiger partial charge in [-0.05, 0) is 37.8 Å². The molecule has 0 spiro atoms. The second-order valence-electron chi connectivity index (χ2n) is 5.70. The SMILES string of the molecule is O=C(OCc1cc(=O)n2c3c(sc2n1)CCCC3)c1cccnc1. The highest BCUT2D eigenvalue weighted by molar-refractivity contribution is 7.17. The molecule has 0 fully saturated rings. The van der Waals surface area contributed by atoms with Gasteiger partial charge in [-0.25, -0.2) is 9.78 Å². The summed E-state index contributed by atoms with van der Waals surface area (Å²) in [6, 6.07) is 4.75. The van der Waals surface area contributed by atoms with Crippen LogP contribution in [0.4, 0.5) is 0 Å². The normalized spacial score (nSPS) is 13.7. The van der Waals surface area contributed by atoms with Crippen LogP contribution in [0.3, 0.4) is 0 Å². The fourth-order valence-electron chi connectivity index (χ4n) is 2.92. The third kappa shape index (κ3) is 2.71. The molecule has 3 heterocycles. The first-order valence-corrected chi connectivity index (χ1v) is 8.64. The third-order valence-corrected chi connectivity index (χ3v) is 5.21. The van der Waals surface area contributed by atoms with E-state index < -0.39 is 5.97 Å². The maximum Gasteiger partial charge on any atom is 0.340 e. The van der Waals surface area contributed by atoms with Crippen molar-refractivity contribution in [3.63, 3.8) is 0 Å². The average Bonchev–Trinajstić information content (AvgIpc) is 2.99. The summed E-state index contributed by atoms with van der Waals surface area (Å²) >= 11 is 1.56. The number of thiazole rings is 1. The molecule has 3 aromatic heterocycles. The summed E-state index contributed by atoms with van der Waals surface area (Å²) < 4.78 is 6.94. The van der Waals surface area contributed by atoms with Crippen LogP contribution < -0.4 is 5.56 Å². The molecule has 0 atom stereocenters. The number of carbonyl (C=O) groups is 1. The minimum Gasteiger partial charge on any atom is -0.456 e. The Morgan fingerprint density at radius 2 is 2.21 bits per heavy atom. The minimum absolute atomic E-state index is 0.0258. The molecule has 0 bridgehead atoms. The van der Waals surface area contributed by atoms with E-state index in [1.807, 2.05) is 0 Å². The summed E-state index contributed by atoms with van der Waals surface area (Å²) in [5.41, 5.74) is 1.84. The van der Waals surface area contributed by atoms with Crippen LogP contribution in [0.5, 0.6) is 0 Å². The van der Waals surface area contributed by atoms with Gasteiger partial charge in [0.25, 0.3) is 5.56 Å². The standard InChI is InChI=1S/C17H15N3O3S/c21-15-8-12(10-23-16(22)11-4-3-7-18-9-11)19-17-20(15)13-5-1-2-6-14(13)24-17/h3-4,7-9H,1-2,5-6,10H2. The molecular formula is C17H15N3O3S. The van der Waals surface area contributed by atoms with Crippen molar-refractivity contribution in [2.45, 2.75) is 32.3 Å². The van der Waals surface area contributed by atoms with E-state index in [0.29, 0.717) is 16.2 Å². The van der Waals surface area contributed by atoms with E-state index >= 15 is 0 Å². The zero-order valence-electron chi connectivity index (χ0n) is 12.9. The molecule has 0 saturated heterocycles. The fraction of sp³-hybridized carbons (Fsp3) is 0.294. The molecule has 24 heavy (non-hydrogen) atoms. The molecule has 0 amide bonds. The summed E-state index contributed by atoms with van der Waals surface area (Å²) in [5, 5.41) is 0. The topological polar surface area (TPSA) is 73.6 Å². The molecule has 0 aliphatic heterocycles. The first-order chi connectivity index (χ1) is 11.7. The van der Waals surface area contributed by atoms with E-state index in [2.05, 4.69) is 9.97 Å². The molecule has 0 unspecified atom stereocenters. The summed E-state index contributed by atoms with van der Waals surface area (Å²) in [4.78, 5) is 34.7. The van der Waals surface area contributed by atoms with Gasteiger partial charge in [0.05, 0.1) is 11.3 Å². The third-order valence-electron chi connectivity index (χ3n) is 4.06. The van der Waals surface area contributed by atoms with Crippen molar-refractivity contribution >= 4 is 22.3 Å². The Kier molecular flexibility index (Phi) is 3.86. The Labute approximate surface area is 141 Å². The van der Waals surface area contributed by atoms with Gasteiger partial charge < -0.3 is 4.74 Å². The maximum absolute atomic E-state index is 12.4. The number of carbonyl (C=O) groups excluding carboxylic acids is 1. The van der Waals surface area contributed by atoms with Gasteiger partial charge in [-0.15, -0.1) is 11.3 Å². The van der Waals surface area contributed by atoms with E-state index in [1.165, 1.54) is 17.1 Å². The van der Waals surface area contributed by atoms with Crippen molar-refractivity contribution in [3.8, 4) is 0 Å². The van der Waals surface area contributed by atoms with Crippen molar-refractivity contribution in [3.05, 3.63) is 62.8 Å². The largest absolute Gasteiger partial charge is 0.456 e. The Morgan fingerprint density at radius 1 is 1.33 bits per heavy atom. The highest BCUT2D eigenvalue weighted by atomic mass is 32.1. The van der Waals surface area contributed by atoms with Crippen LogP contribution in [0, 0.1) is 0 Å². The molecule has 1 aliphatic carbocycles. The predicted octanol–water partition coefficient (Wildman–Crippen LogP) is 2.39. The van der Waals surface area contributed by atoms with Crippen molar-refractivity contribution in [2.24, 2.45) is 0 Å². The lowest BCUT2D eigenvalue weighted by Crippen LogP contribution is -2.18. The number of nitrogens with zero attached hydrogens (tertiary/aromatic N) is 3. The zero-order chi connectivity index (χ0) is 16.5. The number of pyridine rings is 1. The Hall–Kier alpha value is -2.54. The van der Waals surface area contributed by atoms with Gasteiger partial charge in [-0.1, -0.05) is 0 Å². The van der Waals surface area contributed by atoms with E-state index in [4.69, 9.17) is 4.74 Å². The van der Waals surface area contributed by atoms with Gasteiger partial charge in [0.2, 0.25) is 0 Å². The van der Waals surface area contributed by atoms with Crippen LogP contribution in [0.25, 0.3) is 4.96 Å². The lowest BCUT2D eigenvalue weighted by molar-refractivity contribution is 0.0467. The number of rotatable bonds is 3. The molecule has 0 aromatic carbocycles. The molecule has 122 valence electrons. The molecule has 3 aromatic rings. The number of hydrogen-bond acceptors (Lipinski definition) is 6. The summed E-state index contributed by atoms with van der Waals surface area (Å²) in [6.07, 6.45) is 7.23. The molecule has 1 aliphatic rings. The molecular weight excluding hydrogens is 326 g/mol. The average molecular weight is 341 g/mol. The smallest absolute Gasteiger partial charge is 0.340 e. The van der Waals surface area contributed by atoms with E-state index in [0.717, 1.165) is 31.4 Å². The second kappa shape index (κ2) is 6.16. The van der Waals surface area contributed by atoms with E-state index in [-0.39, 0.29) is 12.2 Å². The number of ether oxygens (including phenoxy) is 1. The van der Waals surface area contributed by atoms with Gasteiger partial charge in [-0.2, -0.15) is 0 Å². The van der Waals surface area contributed by atoms with E-state index in [1.54, 1.807) is 34.1 Å². The van der Waals surface area contributed by atoms with Gasteiger partial charge in [0.1, 0.15) is 6.61 Å². The molecule has 6 nitrogen and oxygen atoms in total. The molecule has 0 N–H and O–H groups in total. The molecule has 7 heteroatoms. The summed E-state index contributed by atoms with van der Waals surface area (Å²) in [6.45, 7) is -0.0258. The van der Waals surface area contributed by atoms with Crippen LogP contribution >= 0.6 is 11.3 Å². The summed E-state index contributed by atoms with van der Waals surface area (Å²) in [7, 11) is 0. The highest BCUT2D eigenvalue weighted by Gasteiger charge is 2.18. The number of aromatic nitrogens is 3. The predicted molar refractivity (Wildman–Crippen MR) is 89.3 cm³/mol. The quantitative estimate of drug-likeness (QED) is 0.684. The van der Waals surface area contributed by atoms with E-state index in [9.17, 15) is 9.59 Å². The minimum atomic E-state index is -0.476. The van der Waals surface area contributed by atoms with Gasteiger partial charge in [-0.3, -0.25) is 14.2 Å². The monoisotopic (exact) mass is 341 g/mol. The van der Waals surface area contributed by atoms with Gasteiger partial charge in [0.15, 0.2) is 4.96 Å². The van der Waals surface area contributed by atoms with Crippen LogP contribution in [0.2, 0.25) is 0 Å². The van der Waals surface area contributed by atoms with Crippen molar-refractivity contribution < 1.29 is 9.53 Å². The molecule has 4 rings (SSSR count). The first kappa shape index (κ1) is 15.0. The van der Waals surface area contributed by atoms with Crippen LogP contribution in [-0.4, -0.2) is 20.3 Å². The van der Waals surface area contributed by atoms with Crippen LogP contribution in [0.1, 0.15) is 39.5 Å². The zero-order valence-corrected chi connectivity index (χ0v) is 13.7. The number of aryl methyl sites for hydroxylation is 2. The summed E-state index contributed by atoms with van der Waals surface area (Å²) in [5.74, 6) is -0.476. The van der Waals surface area contributed by atoms with Gasteiger partial charge in [0, 0.05) is 29.0 Å². The fourth-order valence-corrected chi connectivity index (χ4v) is 4.15. The Morgan fingerprint density at radius 3 is 3.04 bits per heavy atom. The highest BCUT2D eigenvalue weighted by Crippen LogP contribution is 2.28. The Balaban J connectivity index is 1.59. The molecule has 0 radical (unpaired) electrons. The van der Waals surface area contributed by atoms with Crippen molar-refractivity contribution in [1.82, 2.24) is 14.4 Å². The second-order valence-corrected chi connectivity index (χ2v) is 6.76. The maximum atomic E-state index is 12.4. The number of hydrogen-bond donors (Lipinski definition) is 0. The van der Waals surface area contributed by atoms with Crippen LogP contribution in [0.15, 0.2) is 35.4 Å². The first-order valence-electron chi connectivity index (χ1n) is 7.83. The number of esters is 1. The van der Waals surface area contributed by atoms with Gasteiger partial charge >= 0.3 is 5.97 Å². The van der Waals surface area contributed by atoms with Crippen molar-refractivity contribution in [1.29, 1.82) is 0 Å². The lowest BCUT2D eigenvalue weighted by atomic mass is 10.0. The van der Waals surface area contributed by atoms with Crippen LogP contribution in [-0.2, 0) is 24.2 Å². The number of fused-ring (bicyclic) bond motifs is 3.